The smallest absolute Gasteiger partial charge is 0.267 e. The minimum atomic E-state index is -3.96. The second-order valence-electron chi connectivity index (χ2n) is 8.33. The van der Waals surface area contributed by atoms with E-state index in [2.05, 4.69) is 5.32 Å². The van der Waals surface area contributed by atoms with Crippen LogP contribution in [0.3, 0.4) is 0 Å². The number of carbonyl (C=O) groups excluding carboxylic acids is 1. The molecule has 0 aromatic heterocycles. The van der Waals surface area contributed by atoms with Gasteiger partial charge in [-0.1, -0.05) is 47.0 Å². The summed E-state index contributed by atoms with van der Waals surface area (Å²) in [7, 11) is -3.96. The number of halogens is 1. The quantitative estimate of drug-likeness (QED) is 0.554. The molecule has 0 radical (unpaired) electrons. The van der Waals surface area contributed by atoms with Crippen molar-refractivity contribution in [2.75, 3.05) is 16.2 Å². The molecule has 0 aliphatic carbocycles. The zero-order valence-corrected chi connectivity index (χ0v) is 20.4. The highest BCUT2D eigenvalue weighted by Crippen LogP contribution is 2.39. The molecule has 3 aromatic rings. The van der Waals surface area contributed by atoms with Gasteiger partial charge in [0.2, 0.25) is 0 Å². The van der Waals surface area contributed by atoms with Crippen molar-refractivity contribution in [2.24, 2.45) is 0 Å². The summed E-state index contributed by atoms with van der Waals surface area (Å²) in [5, 5.41) is 3.30. The topological polar surface area (TPSA) is 75.7 Å². The summed E-state index contributed by atoms with van der Waals surface area (Å²) in [4.78, 5) is 13.3. The van der Waals surface area contributed by atoms with Gasteiger partial charge in [0.1, 0.15) is 5.75 Å². The molecular weight excluding hydrogens is 460 g/mol. The van der Waals surface area contributed by atoms with Crippen molar-refractivity contribution in [3.05, 3.63) is 81.9 Å². The highest BCUT2D eigenvalue weighted by Gasteiger charge is 2.38. The molecule has 33 heavy (non-hydrogen) atoms. The summed E-state index contributed by atoms with van der Waals surface area (Å²) >= 11 is 6.16. The number of nitrogens with one attached hydrogen (secondary N) is 1. The van der Waals surface area contributed by atoms with Crippen LogP contribution >= 0.6 is 11.6 Å². The van der Waals surface area contributed by atoms with Crippen LogP contribution in [0.2, 0.25) is 5.02 Å². The fraction of sp³-hybridized carbons (Fsp3) is 0.240. The Morgan fingerprint density at radius 1 is 0.970 bits per heavy atom. The maximum atomic E-state index is 13.5. The third-order valence-corrected chi connectivity index (χ3v) is 7.65. The Morgan fingerprint density at radius 3 is 2.24 bits per heavy atom. The largest absolute Gasteiger partial charge is 0.476 e. The number of ether oxygens (including phenoxy) is 1. The minimum absolute atomic E-state index is 0.130. The highest BCUT2D eigenvalue weighted by atomic mass is 35.5. The molecule has 8 heteroatoms. The van der Waals surface area contributed by atoms with Gasteiger partial charge in [-0.3, -0.25) is 9.10 Å². The van der Waals surface area contributed by atoms with Crippen LogP contribution in [-0.4, -0.2) is 27.0 Å². The molecule has 1 aliphatic heterocycles. The Kier molecular flexibility index (Phi) is 6.12. The number of rotatable bonds is 4. The first-order chi connectivity index (χ1) is 15.6. The van der Waals surface area contributed by atoms with E-state index in [4.69, 9.17) is 16.3 Å². The average molecular weight is 485 g/mol. The van der Waals surface area contributed by atoms with Crippen LogP contribution in [0.1, 0.15) is 22.3 Å². The predicted molar refractivity (Wildman–Crippen MR) is 131 cm³/mol. The van der Waals surface area contributed by atoms with Crippen LogP contribution in [0.4, 0.5) is 11.4 Å². The van der Waals surface area contributed by atoms with E-state index < -0.39 is 22.0 Å². The zero-order valence-electron chi connectivity index (χ0n) is 18.8. The molecular formula is C25H25ClN2O4S. The van der Waals surface area contributed by atoms with Crippen LogP contribution in [0, 0.1) is 27.7 Å². The van der Waals surface area contributed by atoms with Crippen molar-refractivity contribution in [1.29, 1.82) is 0 Å². The minimum Gasteiger partial charge on any atom is -0.476 e. The van der Waals surface area contributed by atoms with Crippen molar-refractivity contribution < 1.29 is 17.9 Å². The van der Waals surface area contributed by atoms with Gasteiger partial charge in [-0.05, 0) is 69.2 Å². The molecule has 1 aliphatic rings. The molecule has 1 heterocycles. The molecule has 0 bridgehead atoms. The number of carbonyl (C=O) groups is 1. The lowest BCUT2D eigenvalue weighted by Crippen LogP contribution is -2.49. The summed E-state index contributed by atoms with van der Waals surface area (Å²) in [6, 6.07) is 15.3. The van der Waals surface area contributed by atoms with Crippen LogP contribution in [-0.2, 0) is 14.8 Å². The second kappa shape index (κ2) is 8.72. The van der Waals surface area contributed by atoms with Crippen LogP contribution in [0.5, 0.6) is 5.75 Å². The first kappa shape index (κ1) is 23.1. The molecule has 1 amide bonds. The summed E-state index contributed by atoms with van der Waals surface area (Å²) in [5.74, 6) is -0.145. The molecule has 6 nitrogen and oxygen atoms in total. The van der Waals surface area contributed by atoms with Gasteiger partial charge in [-0.2, -0.15) is 0 Å². The third kappa shape index (κ3) is 4.56. The van der Waals surface area contributed by atoms with E-state index in [1.165, 1.54) is 10.4 Å². The Bertz CT molecular complexity index is 1310. The molecule has 1 N–H and O–H groups in total. The van der Waals surface area contributed by atoms with Gasteiger partial charge >= 0.3 is 0 Å². The van der Waals surface area contributed by atoms with Gasteiger partial charge < -0.3 is 10.1 Å². The van der Waals surface area contributed by atoms with Crippen molar-refractivity contribution in [1.82, 2.24) is 0 Å². The lowest BCUT2D eigenvalue weighted by atomic mass is 10.0. The summed E-state index contributed by atoms with van der Waals surface area (Å²) in [6.07, 6.45) is -1.04. The number of benzene rings is 3. The normalized spacial score (nSPS) is 15.5. The maximum Gasteiger partial charge on any atom is 0.267 e. The predicted octanol–water partition coefficient (Wildman–Crippen LogP) is 5.17. The Morgan fingerprint density at radius 2 is 1.61 bits per heavy atom. The van der Waals surface area contributed by atoms with E-state index in [-0.39, 0.29) is 17.2 Å². The summed E-state index contributed by atoms with van der Waals surface area (Å²) < 4.78 is 34.2. The first-order valence-corrected chi connectivity index (χ1v) is 12.3. The highest BCUT2D eigenvalue weighted by molar-refractivity contribution is 7.92. The Labute approximate surface area is 199 Å². The van der Waals surface area contributed by atoms with E-state index in [9.17, 15) is 13.2 Å². The zero-order chi connectivity index (χ0) is 23.9. The van der Waals surface area contributed by atoms with Gasteiger partial charge in [0.05, 0.1) is 17.1 Å². The fourth-order valence-corrected chi connectivity index (χ4v) is 5.64. The number of hydrogen-bond donors (Lipinski definition) is 1. The lowest BCUT2D eigenvalue weighted by Gasteiger charge is -2.35. The van der Waals surface area contributed by atoms with Crippen molar-refractivity contribution in [3.63, 3.8) is 0 Å². The number of aryl methyl sites for hydroxylation is 4. The molecule has 172 valence electrons. The van der Waals surface area contributed by atoms with Gasteiger partial charge in [0, 0.05) is 10.7 Å². The van der Waals surface area contributed by atoms with E-state index in [0.29, 0.717) is 16.4 Å². The molecule has 3 aromatic carbocycles. The van der Waals surface area contributed by atoms with E-state index in [0.717, 1.165) is 22.3 Å². The number of sulfonamides is 1. The number of anilines is 2. The molecule has 4 rings (SSSR count). The summed E-state index contributed by atoms with van der Waals surface area (Å²) in [6.45, 7) is 7.53. The Hall–Kier alpha value is -3.03. The van der Waals surface area contributed by atoms with Crippen LogP contribution in [0.15, 0.2) is 59.5 Å². The number of nitrogens with zero attached hydrogens (tertiary/aromatic N) is 1. The van der Waals surface area contributed by atoms with Crippen LogP contribution < -0.4 is 14.4 Å². The van der Waals surface area contributed by atoms with E-state index in [1.54, 1.807) is 36.4 Å². The van der Waals surface area contributed by atoms with E-state index >= 15 is 0 Å². The van der Waals surface area contributed by atoms with Crippen LogP contribution in [0.25, 0.3) is 0 Å². The fourth-order valence-electron chi connectivity index (χ4n) is 4.01. The maximum absolute atomic E-state index is 13.5. The number of hydrogen-bond acceptors (Lipinski definition) is 4. The molecule has 0 unspecified atom stereocenters. The van der Waals surface area contributed by atoms with Gasteiger partial charge in [0.25, 0.3) is 15.9 Å². The lowest BCUT2D eigenvalue weighted by molar-refractivity contribution is -0.122. The van der Waals surface area contributed by atoms with Crippen molar-refractivity contribution in [3.8, 4) is 5.75 Å². The van der Waals surface area contributed by atoms with Gasteiger partial charge in [-0.25, -0.2) is 8.42 Å². The molecule has 0 saturated heterocycles. The monoisotopic (exact) mass is 484 g/mol. The summed E-state index contributed by atoms with van der Waals surface area (Å²) in [5.41, 5.74) is 4.89. The second-order valence-corrected chi connectivity index (χ2v) is 10.6. The van der Waals surface area contributed by atoms with Gasteiger partial charge in [0.15, 0.2) is 6.10 Å². The standard InChI is InChI=1S/C25H25ClN2O4S/c1-15-5-8-20(9-6-15)33(30,31)28-14-23(32-22-10-7-19(26)13-21(22)28)25(29)27-24-17(3)11-16(2)12-18(24)4/h5-13,23H,14H2,1-4H3,(H,27,29)/t23-/m1/s1. The van der Waals surface area contributed by atoms with Crippen molar-refractivity contribution >= 4 is 38.9 Å². The molecule has 1 atom stereocenters. The average Bonchev–Trinajstić information content (AvgIpc) is 2.75. The van der Waals surface area contributed by atoms with Gasteiger partial charge in [-0.15, -0.1) is 0 Å². The number of amides is 1. The molecule has 0 saturated carbocycles. The molecule has 0 spiro atoms. The number of fused-ring (bicyclic) bond motifs is 1. The SMILES string of the molecule is Cc1ccc(S(=O)(=O)N2C[C@H](C(=O)Nc3c(C)cc(C)cc3C)Oc3ccc(Cl)cc32)cc1. The van der Waals surface area contributed by atoms with Crippen molar-refractivity contribution in [2.45, 2.75) is 38.7 Å². The Balaban J connectivity index is 1.71. The molecule has 0 fully saturated rings. The van der Waals surface area contributed by atoms with E-state index in [1.807, 2.05) is 39.8 Å². The third-order valence-electron chi connectivity index (χ3n) is 5.62. The first-order valence-electron chi connectivity index (χ1n) is 10.5.